The lowest BCUT2D eigenvalue weighted by molar-refractivity contribution is 0.0913. The highest BCUT2D eigenvalue weighted by atomic mass is 16.6. The molecule has 1 N–H and O–H groups in total. The van der Waals surface area contributed by atoms with Crippen molar-refractivity contribution in [3.8, 4) is 0 Å². The average molecular weight is 340 g/mol. The Morgan fingerprint density at radius 1 is 1.12 bits per heavy atom. The van der Waals surface area contributed by atoms with Gasteiger partial charge in [0.05, 0.1) is 6.61 Å². The molecule has 1 aliphatic heterocycles. The fourth-order valence-corrected chi connectivity index (χ4v) is 3.04. The second-order valence-corrected chi connectivity index (χ2v) is 6.52. The van der Waals surface area contributed by atoms with Crippen molar-refractivity contribution in [3.05, 3.63) is 0 Å². The Balaban J connectivity index is 1.74. The van der Waals surface area contributed by atoms with Crippen molar-refractivity contribution in [2.24, 2.45) is 10.4 Å². The number of piperazine rings is 1. The molecule has 24 heavy (non-hydrogen) atoms. The van der Waals surface area contributed by atoms with Gasteiger partial charge in [0.1, 0.15) is 0 Å². The highest BCUT2D eigenvalue weighted by Gasteiger charge is 2.42. The number of guanidine groups is 1. The van der Waals surface area contributed by atoms with Crippen LogP contribution in [0.1, 0.15) is 33.1 Å². The zero-order chi connectivity index (χ0) is 17.4. The maximum atomic E-state index is 11.8. The Morgan fingerprint density at radius 2 is 1.79 bits per heavy atom. The summed E-state index contributed by atoms with van der Waals surface area (Å²) in [5.41, 5.74) is 0.387. The third kappa shape index (κ3) is 5.26. The first-order chi connectivity index (χ1) is 11.6. The van der Waals surface area contributed by atoms with E-state index in [1.54, 1.807) is 4.90 Å². The molecule has 1 amide bonds. The van der Waals surface area contributed by atoms with Crippen LogP contribution in [-0.2, 0) is 9.47 Å². The highest BCUT2D eigenvalue weighted by Crippen LogP contribution is 2.48. The van der Waals surface area contributed by atoms with Gasteiger partial charge in [0.25, 0.3) is 0 Å². The minimum absolute atomic E-state index is 0.215. The lowest BCUT2D eigenvalue weighted by Crippen LogP contribution is -2.54. The summed E-state index contributed by atoms with van der Waals surface area (Å²) in [6, 6.07) is 0. The third-order valence-corrected chi connectivity index (χ3v) is 4.88. The van der Waals surface area contributed by atoms with Gasteiger partial charge in [-0.2, -0.15) is 0 Å². The molecule has 2 rings (SSSR count). The van der Waals surface area contributed by atoms with Gasteiger partial charge in [0.15, 0.2) is 5.96 Å². The lowest BCUT2D eigenvalue weighted by Gasteiger charge is -2.36. The standard InChI is InChI=1S/C17H32N4O3/c1-4-23-13-8-17(6-7-17)14-19-15(18-3)20-9-11-21(12-10-20)16(22)24-5-2/h4-14H2,1-3H3,(H,18,19). The van der Waals surface area contributed by atoms with Crippen LogP contribution in [0, 0.1) is 5.41 Å². The lowest BCUT2D eigenvalue weighted by atomic mass is 10.0. The second kappa shape index (κ2) is 9.11. The number of hydrogen-bond acceptors (Lipinski definition) is 4. The van der Waals surface area contributed by atoms with E-state index in [1.165, 1.54) is 12.8 Å². The summed E-state index contributed by atoms with van der Waals surface area (Å²) in [6.45, 7) is 9.79. The molecular weight excluding hydrogens is 308 g/mol. The normalized spacial score (nSPS) is 20.0. The Hall–Kier alpha value is -1.50. The topological polar surface area (TPSA) is 66.4 Å². The summed E-state index contributed by atoms with van der Waals surface area (Å²) in [6.07, 6.45) is 3.43. The molecule has 0 aromatic carbocycles. The van der Waals surface area contributed by atoms with E-state index in [0.717, 1.165) is 45.2 Å². The molecule has 0 bridgehead atoms. The van der Waals surface area contributed by atoms with Gasteiger partial charge >= 0.3 is 6.09 Å². The number of carbonyl (C=O) groups is 1. The van der Waals surface area contributed by atoms with Gasteiger partial charge in [-0.15, -0.1) is 0 Å². The van der Waals surface area contributed by atoms with Crippen LogP contribution in [0.4, 0.5) is 4.79 Å². The smallest absolute Gasteiger partial charge is 0.409 e. The summed E-state index contributed by atoms with van der Waals surface area (Å²) < 4.78 is 10.6. The van der Waals surface area contributed by atoms with E-state index < -0.39 is 0 Å². The number of nitrogens with one attached hydrogen (secondary N) is 1. The summed E-state index contributed by atoms with van der Waals surface area (Å²) >= 11 is 0. The highest BCUT2D eigenvalue weighted by molar-refractivity contribution is 5.80. The van der Waals surface area contributed by atoms with Crippen LogP contribution < -0.4 is 5.32 Å². The van der Waals surface area contributed by atoms with E-state index >= 15 is 0 Å². The summed E-state index contributed by atoms with van der Waals surface area (Å²) in [4.78, 5) is 20.2. The van der Waals surface area contributed by atoms with Crippen LogP contribution in [0.25, 0.3) is 0 Å². The zero-order valence-electron chi connectivity index (χ0n) is 15.3. The molecule has 1 aliphatic carbocycles. The van der Waals surface area contributed by atoms with Gasteiger partial charge in [0, 0.05) is 53.0 Å². The van der Waals surface area contributed by atoms with Crippen molar-refractivity contribution < 1.29 is 14.3 Å². The maximum Gasteiger partial charge on any atom is 0.409 e. The van der Waals surface area contributed by atoms with E-state index in [4.69, 9.17) is 9.47 Å². The van der Waals surface area contributed by atoms with Crippen LogP contribution in [0.2, 0.25) is 0 Å². The molecule has 2 aliphatic rings. The molecule has 1 saturated carbocycles. The fraction of sp³-hybridized carbons (Fsp3) is 0.882. The minimum Gasteiger partial charge on any atom is -0.450 e. The summed E-state index contributed by atoms with van der Waals surface area (Å²) in [5, 5.41) is 3.52. The molecule has 0 radical (unpaired) electrons. The van der Waals surface area contributed by atoms with Crippen molar-refractivity contribution in [3.63, 3.8) is 0 Å². The number of carbonyl (C=O) groups excluding carboxylic acids is 1. The van der Waals surface area contributed by atoms with Gasteiger partial charge in [-0.1, -0.05) is 0 Å². The molecular formula is C17H32N4O3. The molecule has 7 nitrogen and oxygen atoms in total. The molecule has 0 unspecified atom stereocenters. The predicted molar refractivity (Wildman–Crippen MR) is 94.3 cm³/mol. The largest absolute Gasteiger partial charge is 0.450 e. The SMILES string of the molecule is CCOCCC1(CNC(=NC)N2CCN(C(=O)OCC)CC2)CC1. The zero-order valence-corrected chi connectivity index (χ0v) is 15.3. The number of hydrogen-bond donors (Lipinski definition) is 1. The van der Waals surface area contributed by atoms with Crippen molar-refractivity contribution >= 4 is 12.1 Å². The van der Waals surface area contributed by atoms with Crippen molar-refractivity contribution in [1.29, 1.82) is 0 Å². The Morgan fingerprint density at radius 3 is 2.33 bits per heavy atom. The van der Waals surface area contributed by atoms with E-state index in [1.807, 2.05) is 20.9 Å². The van der Waals surface area contributed by atoms with Crippen LogP contribution >= 0.6 is 0 Å². The molecule has 0 aromatic heterocycles. The van der Waals surface area contributed by atoms with Crippen LogP contribution in [-0.4, -0.2) is 81.4 Å². The van der Waals surface area contributed by atoms with Gasteiger partial charge < -0.3 is 24.6 Å². The Kier molecular flexibility index (Phi) is 7.15. The first-order valence-electron chi connectivity index (χ1n) is 9.09. The number of aliphatic imine (C=N–C) groups is 1. The first kappa shape index (κ1) is 18.8. The summed E-state index contributed by atoms with van der Waals surface area (Å²) in [5.74, 6) is 0.932. The monoisotopic (exact) mass is 340 g/mol. The van der Waals surface area contributed by atoms with E-state index in [-0.39, 0.29) is 6.09 Å². The first-order valence-corrected chi connectivity index (χ1v) is 9.09. The Bertz CT molecular complexity index is 430. The van der Waals surface area contributed by atoms with E-state index in [2.05, 4.69) is 15.2 Å². The third-order valence-electron chi connectivity index (χ3n) is 4.88. The number of nitrogens with zero attached hydrogens (tertiary/aromatic N) is 3. The summed E-state index contributed by atoms with van der Waals surface area (Å²) in [7, 11) is 1.82. The minimum atomic E-state index is -0.215. The van der Waals surface area contributed by atoms with Gasteiger partial charge in [-0.05, 0) is 38.5 Å². The van der Waals surface area contributed by atoms with Gasteiger partial charge in [-0.3, -0.25) is 4.99 Å². The molecule has 0 atom stereocenters. The van der Waals surface area contributed by atoms with Gasteiger partial charge in [-0.25, -0.2) is 4.79 Å². The molecule has 0 spiro atoms. The Labute approximate surface area is 145 Å². The maximum absolute atomic E-state index is 11.8. The van der Waals surface area contributed by atoms with E-state index in [0.29, 0.717) is 25.1 Å². The molecule has 0 aromatic rings. The van der Waals surface area contributed by atoms with Crippen molar-refractivity contribution in [2.75, 3.05) is 59.6 Å². The van der Waals surface area contributed by atoms with Crippen LogP contribution in [0.15, 0.2) is 4.99 Å². The molecule has 2 fully saturated rings. The molecule has 1 heterocycles. The molecule has 1 saturated heterocycles. The van der Waals surface area contributed by atoms with Gasteiger partial charge in [0.2, 0.25) is 0 Å². The molecule has 7 heteroatoms. The van der Waals surface area contributed by atoms with Crippen LogP contribution in [0.3, 0.4) is 0 Å². The van der Waals surface area contributed by atoms with E-state index in [9.17, 15) is 4.79 Å². The number of amides is 1. The predicted octanol–water partition coefficient (Wildman–Crippen LogP) is 1.54. The number of ether oxygens (including phenoxy) is 2. The number of rotatable bonds is 7. The van der Waals surface area contributed by atoms with Crippen LogP contribution in [0.5, 0.6) is 0 Å². The van der Waals surface area contributed by atoms with Crippen molar-refractivity contribution in [1.82, 2.24) is 15.1 Å². The average Bonchev–Trinajstić information content (AvgIpc) is 3.36. The second-order valence-electron chi connectivity index (χ2n) is 6.52. The fourth-order valence-electron chi connectivity index (χ4n) is 3.04. The van der Waals surface area contributed by atoms with Crippen molar-refractivity contribution in [2.45, 2.75) is 33.1 Å². The quantitative estimate of drug-likeness (QED) is 0.433. The molecule has 138 valence electrons.